The molecule has 0 heterocycles. The summed E-state index contributed by atoms with van der Waals surface area (Å²) in [6.07, 6.45) is 1.62. The molecule has 0 fully saturated rings. The molecule has 1 unspecified atom stereocenters. The smallest absolute Gasteiger partial charge is 0.126 e. The van der Waals surface area contributed by atoms with Gasteiger partial charge in [-0.05, 0) is 55.0 Å². The van der Waals surface area contributed by atoms with Crippen molar-refractivity contribution < 1.29 is 4.39 Å². The number of benzene rings is 2. The number of rotatable bonds is 5. The van der Waals surface area contributed by atoms with Crippen molar-refractivity contribution >= 4 is 27.5 Å². The Bertz CT molecular complexity index is 583. The van der Waals surface area contributed by atoms with Gasteiger partial charge in [0.2, 0.25) is 0 Å². The highest BCUT2D eigenvalue weighted by atomic mass is 79.9. The maximum atomic E-state index is 13.8. The molecule has 0 amide bonds. The van der Waals surface area contributed by atoms with Crippen LogP contribution in [0, 0.1) is 18.7 Å². The molecule has 106 valence electrons. The summed E-state index contributed by atoms with van der Waals surface area (Å²) in [6.45, 7) is 2.09. The highest BCUT2D eigenvalue weighted by molar-refractivity contribution is 9.09. The van der Waals surface area contributed by atoms with Crippen LogP contribution in [0.2, 0.25) is 5.02 Å². The number of alkyl halides is 1. The lowest BCUT2D eigenvalue weighted by atomic mass is 9.93. The largest absolute Gasteiger partial charge is 0.207 e. The molecule has 0 aliphatic heterocycles. The van der Waals surface area contributed by atoms with E-state index in [9.17, 15) is 4.39 Å². The van der Waals surface area contributed by atoms with Crippen LogP contribution in [0.15, 0.2) is 42.5 Å². The summed E-state index contributed by atoms with van der Waals surface area (Å²) in [7, 11) is 0. The molecule has 0 aromatic heterocycles. The Morgan fingerprint density at radius 1 is 1.15 bits per heavy atom. The van der Waals surface area contributed by atoms with E-state index in [2.05, 4.69) is 47.1 Å². The van der Waals surface area contributed by atoms with Gasteiger partial charge in [0.15, 0.2) is 0 Å². The topological polar surface area (TPSA) is 0 Å². The fourth-order valence-electron chi connectivity index (χ4n) is 2.36. The van der Waals surface area contributed by atoms with Crippen molar-refractivity contribution in [2.45, 2.75) is 19.8 Å². The van der Waals surface area contributed by atoms with Crippen molar-refractivity contribution in [2.24, 2.45) is 5.92 Å². The summed E-state index contributed by atoms with van der Waals surface area (Å²) in [4.78, 5) is 0. The van der Waals surface area contributed by atoms with E-state index < -0.39 is 0 Å². The van der Waals surface area contributed by atoms with Crippen LogP contribution < -0.4 is 0 Å². The molecule has 20 heavy (non-hydrogen) atoms. The first-order valence-corrected chi connectivity index (χ1v) is 8.14. The van der Waals surface area contributed by atoms with E-state index in [4.69, 9.17) is 11.6 Å². The minimum absolute atomic E-state index is 0.176. The van der Waals surface area contributed by atoms with Crippen molar-refractivity contribution in [1.82, 2.24) is 0 Å². The Balaban J connectivity index is 2.11. The summed E-state index contributed by atoms with van der Waals surface area (Å²) < 4.78 is 13.8. The maximum Gasteiger partial charge on any atom is 0.126 e. The molecule has 0 radical (unpaired) electrons. The summed E-state index contributed by atoms with van der Waals surface area (Å²) >= 11 is 9.48. The van der Waals surface area contributed by atoms with Gasteiger partial charge < -0.3 is 0 Å². The molecule has 1 atom stereocenters. The summed E-state index contributed by atoms with van der Waals surface area (Å²) in [5.74, 6) is 0.175. The summed E-state index contributed by atoms with van der Waals surface area (Å²) in [6, 6.07) is 13.2. The number of hydrogen-bond donors (Lipinski definition) is 0. The molecule has 2 aromatic rings. The third-order valence-electron chi connectivity index (χ3n) is 3.34. The van der Waals surface area contributed by atoms with Crippen LogP contribution in [-0.2, 0) is 12.8 Å². The van der Waals surface area contributed by atoms with Gasteiger partial charge in [-0.1, -0.05) is 57.4 Å². The Morgan fingerprint density at radius 2 is 1.95 bits per heavy atom. The number of hydrogen-bond acceptors (Lipinski definition) is 0. The van der Waals surface area contributed by atoms with E-state index in [1.165, 1.54) is 17.2 Å². The lowest BCUT2D eigenvalue weighted by Gasteiger charge is -2.15. The van der Waals surface area contributed by atoms with Gasteiger partial charge in [-0.15, -0.1) is 0 Å². The molecule has 0 aliphatic rings. The molecule has 0 saturated heterocycles. The van der Waals surface area contributed by atoms with Crippen LogP contribution in [0.5, 0.6) is 0 Å². The fraction of sp³-hybridized carbons (Fsp3) is 0.294. The first kappa shape index (κ1) is 15.5. The van der Waals surface area contributed by atoms with Crippen LogP contribution in [-0.4, -0.2) is 5.33 Å². The molecular weight excluding hydrogens is 339 g/mol. The summed E-state index contributed by atoms with van der Waals surface area (Å²) in [5, 5.41) is 1.43. The zero-order chi connectivity index (χ0) is 14.5. The van der Waals surface area contributed by atoms with Crippen LogP contribution >= 0.6 is 27.5 Å². The van der Waals surface area contributed by atoms with Crippen LogP contribution in [0.3, 0.4) is 0 Å². The molecule has 0 bridgehead atoms. The quantitative estimate of drug-likeness (QED) is 0.614. The number of halogens is 3. The maximum absolute atomic E-state index is 13.8. The van der Waals surface area contributed by atoms with E-state index in [-0.39, 0.29) is 5.82 Å². The first-order valence-electron chi connectivity index (χ1n) is 6.64. The van der Waals surface area contributed by atoms with Gasteiger partial charge in [0.05, 0.1) is 0 Å². The molecule has 0 nitrogen and oxygen atoms in total. The van der Waals surface area contributed by atoms with Gasteiger partial charge in [0, 0.05) is 10.4 Å². The molecule has 0 saturated carbocycles. The molecule has 3 heteroatoms. The average molecular weight is 356 g/mol. The fourth-order valence-corrected chi connectivity index (χ4v) is 3.02. The first-order chi connectivity index (χ1) is 9.58. The monoisotopic (exact) mass is 354 g/mol. The zero-order valence-corrected chi connectivity index (χ0v) is 13.7. The number of aryl methyl sites for hydroxylation is 1. The van der Waals surface area contributed by atoms with Gasteiger partial charge in [-0.3, -0.25) is 0 Å². The van der Waals surface area contributed by atoms with E-state index in [0.29, 0.717) is 22.9 Å². The molecule has 2 aromatic carbocycles. The van der Waals surface area contributed by atoms with Crippen LogP contribution in [0.1, 0.15) is 16.7 Å². The zero-order valence-electron chi connectivity index (χ0n) is 11.4. The van der Waals surface area contributed by atoms with Gasteiger partial charge in [-0.25, -0.2) is 4.39 Å². The highest BCUT2D eigenvalue weighted by Gasteiger charge is 2.13. The van der Waals surface area contributed by atoms with Crippen LogP contribution in [0.25, 0.3) is 0 Å². The predicted octanol–water partition coefficient (Wildman–Crippen LogP) is 5.58. The highest BCUT2D eigenvalue weighted by Crippen LogP contribution is 2.22. The van der Waals surface area contributed by atoms with Crippen molar-refractivity contribution in [3.63, 3.8) is 0 Å². The minimum atomic E-state index is -0.176. The molecule has 2 rings (SSSR count). The third-order valence-corrected chi connectivity index (χ3v) is 4.49. The third kappa shape index (κ3) is 4.32. The molecule has 0 aliphatic carbocycles. The van der Waals surface area contributed by atoms with Crippen LogP contribution in [0.4, 0.5) is 4.39 Å². The molecule has 0 N–H and O–H groups in total. The summed E-state index contributed by atoms with van der Waals surface area (Å²) in [5.41, 5.74) is 3.23. The lowest BCUT2D eigenvalue weighted by molar-refractivity contribution is 0.550. The van der Waals surface area contributed by atoms with Crippen molar-refractivity contribution in [3.8, 4) is 0 Å². The Kier molecular flexibility index (Phi) is 5.62. The second-order valence-electron chi connectivity index (χ2n) is 5.15. The predicted molar refractivity (Wildman–Crippen MR) is 87.3 cm³/mol. The lowest BCUT2D eigenvalue weighted by Crippen LogP contribution is -2.11. The molecule has 0 spiro atoms. The van der Waals surface area contributed by atoms with Gasteiger partial charge in [0.25, 0.3) is 0 Å². The standard InChI is InChI=1S/C17H17BrClF/c1-12-3-2-4-13(7-12)8-14(11-18)9-15-10-16(19)5-6-17(15)20/h2-7,10,14H,8-9,11H2,1H3. The Hall–Kier alpha value is -0.860. The van der Waals surface area contributed by atoms with Gasteiger partial charge >= 0.3 is 0 Å². The second-order valence-corrected chi connectivity index (χ2v) is 6.24. The van der Waals surface area contributed by atoms with Gasteiger partial charge in [-0.2, -0.15) is 0 Å². The van der Waals surface area contributed by atoms with Crippen molar-refractivity contribution in [2.75, 3.05) is 5.33 Å². The van der Waals surface area contributed by atoms with Crippen molar-refractivity contribution in [1.29, 1.82) is 0 Å². The normalized spacial score (nSPS) is 12.4. The van der Waals surface area contributed by atoms with Gasteiger partial charge in [0.1, 0.15) is 5.82 Å². The van der Waals surface area contributed by atoms with E-state index in [1.54, 1.807) is 12.1 Å². The SMILES string of the molecule is Cc1cccc(CC(CBr)Cc2cc(Cl)ccc2F)c1. The average Bonchev–Trinajstić information content (AvgIpc) is 2.42. The minimum Gasteiger partial charge on any atom is -0.207 e. The Morgan fingerprint density at radius 3 is 2.65 bits per heavy atom. The van der Waals surface area contributed by atoms with Crippen molar-refractivity contribution in [3.05, 3.63) is 70.0 Å². The Labute approximate surface area is 133 Å². The molecular formula is C17H17BrClF. The second kappa shape index (κ2) is 7.24. The van der Waals surface area contributed by atoms with E-state index in [0.717, 1.165) is 11.8 Å². The van der Waals surface area contributed by atoms with E-state index in [1.807, 2.05) is 0 Å². The van der Waals surface area contributed by atoms with E-state index >= 15 is 0 Å².